The van der Waals surface area contributed by atoms with Gasteiger partial charge in [0.2, 0.25) is 0 Å². The zero-order chi connectivity index (χ0) is 13.5. The van der Waals surface area contributed by atoms with Crippen molar-refractivity contribution >= 4 is 0 Å². The number of nitrogens with two attached hydrogens (primary N) is 1. The zero-order valence-electron chi connectivity index (χ0n) is 11.4. The number of benzene rings is 1. The molecule has 3 rings (SSSR count). The molecule has 3 nitrogen and oxygen atoms in total. The lowest BCUT2D eigenvalue weighted by Gasteiger charge is -2.54. The number of aliphatic hydroxyl groups is 1. The van der Waals surface area contributed by atoms with Crippen LogP contribution in [-0.4, -0.2) is 22.4 Å². The van der Waals surface area contributed by atoms with Crippen molar-refractivity contribution in [2.45, 2.75) is 56.0 Å². The maximum absolute atomic E-state index is 11.2. The van der Waals surface area contributed by atoms with Gasteiger partial charge < -0.3 is 15.9 Å². The van der Waals surface area contributed by atoms with E-state index >= 15 is 0 Å². The van der Waals surface area contributed by atoms with Crippen molar-refractivity contribution in [1.82, 2.24) is 0 Å². The molecule has 0 radical (unpaired) electrons. The van der Waals surface area contributed by atoms with Gasteiger partial charge in [0.25, 0.3) is 0 Å². The highest BCUT2D eigenvalue weighted by Crippen LogP contribution is 2.55. The Morgan fingerprint density at radius 2 is 1.95 bits per heavy atom. The highest BCUT2D eigenvalue weighted by molar-refractivity contribution is 5.48. The molecule has 2 aliphatic rings. The van der Waals surface area contributed by atoms with Crippen LogP contribution in [0.2, 0.25) is 0 Å². The molecule has 0 aromatic heterocycles. The molecule has 0 aliphatic heterocycles. The van der Waals surface area contributed by atoms with Crippen LogP contribution in [0.5, 0.6) is 5.75 Å². The van der Waals surface area contributed by atoms with Gasteiger partial charge in [0.15, 0.2) is 0 Å². The Balaban J connectivity index is 2.18. The molecule has 2 atom stereocenters. The van der Waals surface area contributed by atoms with Crippen LogP contribution in [0.1, 0.15) is 49.7 Å². The molecule has 1 aromatic rings. The van der Waals surface area contributed by atoms with Crippen molar-refractivity contribution in [3.05, 3.63) is 29.3 Å². The predicted octanol–water partition coefficient (Wildman–Crippen LogP) is 2.23. The smallest absolute Gasteiger partial charge is 0.119 e. The van der Waals surface area contributed by atoms with Gasteiger partial charge in [-0.15, -0.1) is 0 Å². The fourth-order valence-electron chi connectivity index (χ4n) is 4.42. The summed E-state index contributed by atoms with van der Waals surface area (Å²) in [6.45, 7) is 0.581. The van der Waals surface area contributed by atoms with Crippen LogP contribution in [0, 0.1) is 0 Å². The average molecular weight is 261 g/mol. The van der Waals surface area contributed by atoms with Crippen LogP contribution in [0.3, 0.4) is 0 Å². The van der Waals surface area contributed by atoms with Crippen molar-refractivity contribution in [2.24, 2.45) is 5.73 Å². The highest BCUT2D eigenvalue weighted by Gasteiger charge is 2.54. The van der Waals surface area contributed by atoms with Crippen molar-refractivity contribution in [3.8, 4) is 5.75 Å². The fourth-order valence-corrected chi connectivity index (χ4v) is 4.42. The molecule has 1 fully saturated rings. The first kappa shape index (κ1) is 12.9. The molecular weight excluding hydrogens is 238 g/mol. The molecule has 0 saturated heterocycles. The molecule has 0 bridgehead atoms. The summed E-state index contributed by atoms with van der Waals surface area (Å²) in [6.07, 6.45) is 6.40. The number of hydrogen-bond acceptors (Lipinski definition) is 3. The zero-order valence-corrected chi connectivity index (χ0v) is 11.4. The van der Waals surface area contributed by atoms with Gasteiger partial charge in [-0.25, -0.2) is 0 Å². The third-order valence-electron chi connectivity index (χ3n) is 5.36. The standard InChI is InChI=1S/C16H23NO2/c17-11-10-15-7-1-2-8-16(15,19)9-6-12-13(15)4-3-5-14(12)18/h3-5,18-19H,1-2,6-11,17H2/t15-,16+/m0/s1. The summed E-state index contributed by atoms with van der Waals surface area (Å²) in [6, 6.07) is 5.73. The second-order valence-electron chi connectivity index (χ2n) is 6.16. The molecule has 19 heavy (non-hydrogen) atoms. The van der Waals surface area contributed by atoms with Crippen molar-refractivity contribution < 1.29 is 10.2 Å². The molecule has 1 aromatic carbocycles. The monoisotopic (exact) mass is 261 g/mol. The van der Waals surface area contributed by atoms with Gasteiger partial charge in [-0.05, 0) is 55.8 Å². The maximum Gasteiger partial charge on any atom is 0.119 e. The van der Waals surface area contributed by atoms with E-state index in [-0.39, 0.29) is 5.41 Å². The number of phenols is 1. The Morgan fingerprint density at radius 1 is 1.16 bits per heavy atom. The molecule has 3 heteroatoms. The van der Waals surface area contributed by atoms with E-state index in [4.69, 9.17) is 5.73 Å². The van der Waals surface area contributed by atoms with E-state index in [1.807, 2.05) is 6.07 Å². The lowest BCUT2D eigenvalue weighted by Crippen LogP contribution is -2.57. The van der Waals surface area contributed by atoms with E-state index in [0.29, 0.717) is 12.3 Å². The lowest BCUT2D eigenvalue weighted by molar-refractivity contribution is -0.0864. The number of fused-ring (bicyclic) bond motifs is 3. The SMILES string of the molecule is NCC[C@]12CCCC[C@@]1(O)CCc1c(O)cccc12. The number of aromatic hydroxyl groups is 1. The first-order chi connectivity index (χ1) is 9.13. The Labute approximate surface area is 114 Å². The van der Waals surface area contributed by atoms with E-state index in [1.54, 1.807) is 6.07 Å². The highest BCUT2D eigenvalue weighted by atomic mass is 16.3. The fraction of sp³-hybridized carbons (Fsp3) is 0.625. The lowest BCUT2D eigenvalue weighted by atomic mass is 9.53. The first-order valence-electron chi connectivity index (χ1n) is 7.37. The van der Waals surface area contributed by atoms with Gasteiger partial charge >= 0.3 is 0 Å². The first-order valence-corrected chi connectivity index (χ1v) is 7.37. The van der Waals surface area contributed by atoms with Crippen molar-refractivity contribution in [3.63, 3.8) is 0 Å². The molecule has 104 valence electrons. The minimum Gasteiger partial charge on any atom is -0.508 e. The quantitative estimate of drug-likeness (QED) is 0.765. The van der Waals surface area contributed by atoms with Crippen LogP contribution in [-0.2, 0) is 11.8 Å². The normalized spacial score (nSPS) is 33.6. The number of rotatable bonds is 2. The summed E-state index contributed by atoms with van der Waals surface area (Å²) < 4.78 is 0. The van der Waals surface area contributed by atoms with Crippen LogP contribution in [0.15, 0.2) is 18.2 Å². The van der Waals surface area contributed by atoms with Gasteiger partial charge in [0.1, 0.15) is 5.75 Å². The summed E-state index contributed by atoms with van der Waals surface area (Å²) in [7, 11) is 0. The maximum atomic E-state index is 11.2. The topological polar surface area (TPSA) is 66.5 Å². The summed E-state index contributed by atoms with van der Waals surface area (Å²) >= 11 is 0. The van der Waals surface area contributed by atoms with Gasteiger partial charge in [0.05, 0.1) is 5.60 Å². The van der Waals surface area contributed by atoms with E-state index in [0.717, 1.165) is 56.1 Å². The third kappa shape index (κ3) is 1.72. The van der Waals surface area contributed by atoms with E-state index in [9.17, 15) is 10.2 Å². The van der Waals surface area contributed by atoms with Gasteiger partial charge in [0, 0.05) is 5.41 Å². The molecule has 1 saturated carbocycles. The Kier molecular flexibility index (Phi) is 3.06. The minimum absolute atomic E-state index is 0.244. The Bertz CT molecular complexity index is 484. The van der Waals surface area contributed by atoms with E-state index in [2.05, 4.69) is 6.07 Å². The molecule has 0 unspecified atom stereocenters. The number of hydrogen-bond donors (Lipinski definition) is 3. The summed E-state index contributed by atoms with van der Waals surface area (Å²) in [5, 5.41) is 21.3. The largest absolute Gasteiger partial charge is 0.508 e. The Hall–Kier alpha value is -1.06. The van der Waals surface area contributed by atoms with Crippen molar-refractivity contribution in [1.29, 1.82) is 0 Å². The third-order valence-corrected chi connectivity index (χ3v) is 5.36. The van der Waals surface area contributed by atoms with Crippen molar-refractivity contribution in [2.75, 3.05) is 6.54 Å². The summed E-state index contributed by atoms with van der Waals surface area (Å²) in [5.74, 6) is 0.376. The molecule has 0 spiro atoms. The van der Waals surface area contributed by atoms with E-state index < -0.39 is 5.60 Å². The van der Waals surface area contributed by atoms with Crippen LogP contribution >= 0.6 is 0 Å². The predicted molar refractivity (Wildman–Crippen MR) is 75.2 cm³/mol. The van der Waals surface area contributed by atoms with Crippen LogP contribution < -0.4 is 5.73 Å². The van der Waals surface area contributed by atoms with E-state index in [1.165, 1.54) is 0 Å². The number of phenolic OH excluding ortho intramolecular Hbond substituents is 1. The molecule has 0 amide bonds. The van der Waals surface area contributed by atoms with Gasteiger partial charge in [-0.3, -0.25) is 0 Å². The van der Waals surface area contributed by atoms with Crippen LogP contribution in [0.25, 0.3) is 0 Å². The summed E-state index contributed by atoms with van der Waals surface area (Å²) in [5.41, 5.74) is 7.14. The molecule has 2 aliphatic carbocycles. The van der Waals surface area contributed by atoms with Gasteiger partial charge in [-0.2, -0.15) is 0 Å². The second kappa shape index (κ2) is 4.50. The second-order valence-corrected chi connectivity index (χ2v) is 6.16. The van der Waals surface area contributed by atoms with Gasteiger partial charge in [-0.1, -0.05) is 25.0 Å². The summed E-state index contributed by atoms with van der Waals surface area (Å²) in [4.78, 5) is 0. The molecule has 4 N–H and O–H groups in total. The average Bonchev–Trinajstić information content (AvgIpc) is 2.40. The molecular formula is C16H23NO2. The minimum atomic E-state index is -0.634. The van der Waals surface area contributed by atoms with Crippen LogP contribution in [0.4, 0.5) is 0 Å². The Morgan fingerprint density at radius 3 is 2.74 bits per heavy atom. The molecule has 0 heterocycles.